The van der Waals surface area contributed by atoms with Crippen molar-refractivity contribution in [3.8, 4) is 0 Å². The van der Waals surface area contributed by atoms with Gasteiger partial charge in [-0.25, -0.2) is 0 Å². The molecule has 0 unspecified atom stereocenters. The summed E-state index contributed by atoms with van der Waals surface area (Å²) in [5, 5.41) is 5.90. The van der Waals surface area contributed by atoms with E-state index in [1.807, 2.05) is 11.4 Å². The molecule has 1 N–H and O–H groups in total. The molecule has 2 heterocycles. The predicted molar refractivity (Wildman–Crippen MR) is 86.3 cm³/mol. The maximum absolute atomic E-state index is 12.9. The molecule has 3 rings (SSSR count). The minimum atomic E-state index is -4.88. The van der Waals surface area contributed by atoms with Crippen LogP contribution in [0.1, 0.15) is 23.1 Å². The molecule has 10 heteroatoms. The van der Waals surface area contributed by atoms with E-state index in [0.29, 0.717) is 24.3 Å². The second-order valence-electron chi connectivity index (χ2n) is 5.19. The largest absolute Gasteiger partial charge is 0.416 e. The molecule has 0 spiro atoms. The SMILES string of the molecule is FC(F)(F)c1cc(N/N=C2\CCSc3sccc32)cc(C(F)(F)F)c1. The van der Waals surface area contributed by atoms with Crippen molar-refractivity contribution < 1.29 is 26.3 Å². The first-order chi connectivity index (χ1) is 11.6. The van der Waals surface area contributed by atoms with Crippen molar-refractivity contribution in [3.63, 3.8) is 0 Å². The summed E-state index contributed by atoms with van der Waals surface area (Å²) >= 11 is 3.16. The van der Waals surface area contributed by atoms with Gasteiger partial charge in [-0.2, -0.15) is 31.4 Å². The Morgan fingerprint density at radius 3 is 2.20 bits per heavy atom. The maximum Gasteiger partial charge on any atom is 0.416 e. The van der Waals surface area contributed by atoms with Crippen LogP contribution in [0.5, 0.6) is 0 Å². The fraction of sp³-hybridized carbons (Fsp3) is 0.267. The van der Waals surface area contributed by atoms with Crippen molar-refractivity contribution in [3.05, 3.63) is 46.3 Å². The molecule has 0 aliphatic carbocycles. The van der Waals surface area contributed by atoms with Gasteiger partial charge in [0.2, 0.25) is 0 Å². The van der Waals surface area contributed by atoms with Crippen molar-refractivity contribution in [2.45, 2.75) is 23.0 Å². The molecule has 0 fully saturated rings. The zero-order chi connectivity index (χ0) is 18.2. The van der Waals surface area contributed by atoms with Gasteiger partial charge in [0.25, 0.3) is 0 Å². The average Bonchev–Trinajstić information content (AvgIpc) is 3.00. The van der Waals surface area contributed by atoms with Gasteiger partial charge in [0, 0.05) is 17.7 Å². The van der Waals surface area contributed by atoms with Crippen LogP contribution in [0.25, 0.3) is 0 Å². The lowest BCUT2D eigenvalue weighted by molar-refractivity contribution is -0.143. The van der Waals surface area contributed by atoms with Crippen molar-refractivity contribution in [2.75, 3.05) is 11.2 Å². The molecule has 0 radical (unpaired) electrons. The highest BCUT2D eigenvalue weighted by molar-refractivity contribution is 8.01. The number of nitrogens with one attached hydrogen (secondary N) is 1. The Labute approximate surface area is 146 Å². The number of hydrogen-bond acceptors (Lipinski definition) is 4. The molecule has 134 valence electrons. The summed E-state index contributed by atoms with van der Waals surface area (Å²) in [6.45, 7) is 0. The fourth-order valence-electron chi connectivity index (χ4n) is 2.26. The first kappa shape index (κ1) is 18.1. The van der Waals surface area contributed by atoms with E-state index in [4.69, 9.17) is 0 Å². The second-order valence-corrected chi connectivity index (χ2v) is 7.46. The monoisotopic (exact) mass is 396 g/mol. The van der Waals surface area contributed by atoms with Crippen molar-refractivity contribution >= 4 is 34.5 Å². The molecule has 1 aromatic carbocycles. The number of alkyl halides is 6. The number of hydrazone groups is 1. The molecule has 0 bridgehead atoms. The summed E-state index contributed by atoms with van der Waals surface area (Å²) < 4.78 is 78.2. The lowest BCUT2D eigenvalue weighted by Crippen LogP contribution is -2.13. The van der Waals surface area contributed by atoms with E-state index < -0.39 is 23.5 Å². The third-order valence-electron chi connectivity index (χ3n) is 3.42. The highest BCUT2D eigenvalue weighted by Gasteiger charge is 2.37. The van der Waals surface area contributed by atoms with E-state index in [1.54, 1.807) is 11.8 Å². The van der Waals surface area contributed by atoms with E-state index >= 15 is 0 Å². The van der Waals surface area contributed by atoms with Crippen LogP contribution in [0.15, 0.2) is 39.0 Å². The molecule has 1 aromatic heterocycles. The molecule has 25 heavy (non-hydrogen) atoms. The van der Waals surface area contributed by atoms with E-state index in [9.17, 15) is 26.3 Å². The van der Waals surface area contributed by atoms with Gasteiger partial charge in [-0.3, -0.25) is 5.43 Å². The van der Waals surface area contributed by atoms with Gasteiger partial charge in [-0.15, -0.1) is 23.1 Å². The number of hydrogen-bond donors (Lipinski definition) is 1. The third kappa shape index (κ3) is 4.12. The third-order valence-corrected chi connectivity index (χ3v) is 5.66. The lowest BCUT2D eigenvalue weighted by atomic mass is 10.1. The van der Waals surface area contributed by atoms with Crippen LogP contribution >= 0.6 is 23.1 Å². The summed E-state index contributed by atoms with van der Waals surface area (Å²) in [6, 6.07) is 3.16. The van der Waals surface area contributed by atoms with E-state index in [1.165, 1.54) is 11.3 Å². The zero-order valence-corrected chi connectivity index (χ0v) is 14.0. The topological polar surface area (TPSA) is 24.4 Å². The first-order valence-electron chi connectivity index (χ1n) is 6.97. The van der Waals surface area contributed by atoms with E-state index in [-0.39, 0.29) is 11.8 Å². The van der Waals surface area contributed by atoms with Crippen LogP contribution < -0.4 is 5.43 Å². The zero-order valence-electron chi connectivity index (χ0n) is 12.3. The van der Waals surface area contributed by atoms with Gasteiger partial charge < -0.3 is 0 Å². The van der Waals surface area contributed by atoms with Crippen LogP contribution in [-0.4, -0.2) is 11.5 Å². The highest BCUT2D eigenvalue weighted by Crippen LogP contribution is 2.38. The summed E-state index contributed by atoms with van der Waals surface area (Å²) in [6.07, 6.45) is -9.19. The Morgan fingerprint density at radius 1 is 0.960 bits per heavy atom. The first-order valence-corrected chi connectivity index (χ1v) is 8.84. The molecule has 1 aliphatic rings. The summed E-state index contributed by atoms with van der Waals surface area (Å²) in [7, 11) is 0. The van der Waals surface area contributed by atoms with Gasteiger partial charge in [0.05, 0.1) is 26.7 Å². The summed E-state index contributed by atoms with van der Waals surface area (Å²) in [5.41, 5.74) is 0.718. The molecule has 1 aliphatic heterocycles. The Bertz CT molecular complexity index is 775. The molecule has 0 saturated heterocycles. The normalized spacial score (nSPS) is 16.8. The number of halogens is 6. The van der Waals surface area contributed by atoms with Gasteiger partial charge in [-0.05, 0) is 29.6 Å². The van der Waals surface area contributed by atoms with Gasteiger partial charge in [0.15, 0.2) is 0 Å². The number of rotatable bonds is 2. The van der Waals surface area contributed by atoms with Crippen LogP contribution in [0.3, 0.4) is 0 Å². The van der Waals surface area contributed by atoms with Gasteiger partial charge >= 0.3 is 12.4 Å². The molecule has 0 atom stereocenters. The Morgan fingerprint density at radius 2 is 1.60 bits per heavy atom. The summed E-state index contributed by atoms with van der Waals surface area (Å²) in [4.78, 5) is 0. The van der Waals surface area contributed by atoms with Gasteiger partial charge in [-0.1, -0.05) is 0 Å². The van der Waals surface area contributed by atoms with E-state index in [2.05, 4.69) is 10.5 Å². The highest BCUT2D eigenvalue weighted by atomic mass is 32.2. The van der Waals surface area contributed by atoms with Crippen molar-refractivity contribution in [2.24, 2.45) is 5.10 Å². The van der Waals surface area contributed by atoms with Crippen LogP contribution in [-0.2, 0) is 12.4 Å². The molecular formula is C15H10F6N2S2. The van der Waals surface area contributed by atoms with Crippen molar-refractivity contribution in [1.82, 2.24) is 0 Å². The summed E-state index contributed by atoms with van der Waals surface area (Å²) in [5.74, 6) is 0.754. The number of thiophene rings is 1. The predicted octanol–water partition coefficient (Wildman–Crippen LogP) is 6.10. The minimum absolute atomic E-state index is 0.0898. The van der Waals surface area contributed by atoms with Crippen LogP contribution in [0, 0.1) is 0 Å². The lowest BCUT2D eigenvalue weighted by Gasteiger charge is -2.16. The Balaban J connectivity index is 1.94. The molecule has 2 nitrogen and oxygen atoms in total. The Kier molecular flexibility index (Phi) is 4.76. The minimum Gasteiger partial charge on any atom is -0.278 e. The number of anilines is 1. The number of nitrogens with zero attached hydrogens (tertiary/aromatic N) is 1. The molecule has 2 aromatic rings. The number of thioether (sulfide) groups is 1. The van der Waals surface area contributed by atoms with Crippen LogP contribution in [0.4, 0.5) is 32.0 Å². The quantitative estimate of drug-likeness (QED) is 0.490. The number of fused-ring (bicyclic) bond motifs is 1. The van der Waals surface area contributed by atoms with Crippen molar-refractivity contribution in [1.29, 1.82) is 0 Å². The fourth-order valence-corrected chi connectivity index (χ4v) is 4.42. The van der Waals surface area contributed by atoms with E-state index in [0.717, 1.165) is 15.5 Å². The molecule has 0 amide bonds. The molecular weight excluding hydrogens is 386 g/mol. The Hall–Kier alpha value is -1.68. The van der Waals surface area contributed by atoms with Crippen LogP contribution in [0.2, 0.25) is 0 Å². The maximum atomic E-state index is 12.9. The standard InChI is InChI=1S/C15H10F6N2S2/c16-14(17,18)8-5-9(15(19,20)21)7-10(6-8)22-23-12-2-4-25-13-11(12)1-3-24-13/h1,3,5-7,22H,2,4H2/b23-12+. The second kappa shape index (κ2) is 6.56. The van der Waals surface area contributed by atoms with Gasteiger partial charge in [0.1, 0.15) is 0 Å². The smallest absolute Gasteiger partial charge is 0.278 e. The molecule has 0 saturated carbocycles. The average molecular weight is 396 g/mol. The number of benzene rings is 1.